The van der Waals surface area contributed by atoms with Crippen molar-refractivity contribution in [1.82, 2.24) is 4.84 Å². The molecule has 0 aliphatic heterocycles. The Labute approximate surface area is 151 Å². The molecule has 0 bridgehead atoms. The summed E-state index contributed by atoms with van der Waals surface area (Å²) in [6, 6.07) is 10.8. The lowest BCUT2D eigenvalue weighted by molar-refractivity contribution is -0.137. The topological polar surface area (TPSA) is 21.3 Å². The Kier molecular flexibility index (Phi) is 6.55. The molecule has 0 fully saturated rings. The first-order chi connectivity index (χ1) is 10.9. The molecule has 2 aromatic carbocycles. The zero-order valence-corrected chi connectivity index (χ0v) is 14.9. The molecule has 0 unspecified atom stereocenters. The molecule has 1 N–H and O–H groups in total. The van der Waals surface area contributed by atoms with Crippen molar-refractivity contribution in [3.05, 3.63) is 62.7 Å². The van der Waals surface area contributed by atoms with Crippen molar-refractivity contribution in [1.29, 1.82) is 0 Å². The second kappa shape index (κ2) is 8.21. The maximum atomic E-state index is 12.5. The molecule has 0 saturated carbocycles. The lowest BCUT2D eigenvalue weighted by Gasteiger charge is -2.11. The summed E-state index contributed by atoms with van der Waals surface area (Å²) in [7, 11) is 0. The Balaban J connectivity index is 1.98. The number of alkyl halides is 3. The van der Waals surface area contributed by atoms with Crippen molar-refractivity contribution < 1.29 is 17.9 Å². The third-order valence-electron chi connectivity index (χ3n) is 3.18. The molecule has 0 saturated heterocycles. The fourth-order valence-corrected chi connectivity index (χ4v) is 2.79. The van der Waals surface area contributed by atoms with E-state index in [1.807, 2.05) is 18.2 Å². The molecule has 23 heavy (non-hydrogen) atoms. The first-order valence-electron chi connectivity index (χ1n) is 6.81. The van der Waals surface area contributed by atoms with Crippen LogP contribution in [0.4, 0.5) is 13.2 Å². The minimum atomic E-state index is -4.32. The molecule has 2 aromatic rings. The average molecular weight is 456 g/mol. The molecule has 7 heteroatoms. The second-order valence-electron chi connectivity index (χ2n) is 4.88. The molecule has 2 nitrogen and oxygen atoms in total. The third-order valence-corrected chi connectivity index (χ3v) is 4.21. The second-order valence-corrected chi connectivity index (χ2v) is 6.31. The van der Waals surface area contributed by atoms with E-state index < -0.39 is 11.7 Å². The highest BCUT2D eigenvalue weighted by molar-refractivity contribution is 14.1. The summed E-state index contributed by atoms with van der Waals surface area (Å²) in [5.74, 6) is 0.702. The van der Waals surface area contributed by atoms with Crippen molar-refractivity contribution in [2.45, 2.75) is 19.2 Å². The Morgan fingerprint density at radius 2 is 1.70 bits per heavy atom. The average Bonchev–Trinajstić information content (AvgIpc) is 2.51. The molecule has 124 valence electrons. The van der Waals surface area contributed by atoms with Crippen molar-refractivity contribution in [3.63, 3.8) is 0 Å². The van der Waals surface area contributed by atoms with Gasteiger partial charge in [0, 0.05) is 6.54 Å². The van der Waals surface area contributed by atoms with E-state index in [1.54, 1.807) is 0 Å². The standard InChI is InChI=1S/C16H14ClF3INO/c17-22-8-7-11-3-6-15(14(21)9-11)23-10-12-1-4-13(5-2-12)16(18,19)20/h1-6,9,22H,7-8,10H2. The minimum Gasteiger partial charge on any atom is -0.488 e. The summed E-state index contributed by atoms with van der Waals surface area (Å²) >= 11 is 7.60. The van der Waals surface area contributed by atoms with Crippen LogP contribution in [0.3, 0.4) is 0 Å². The summed E-state index contributed by atoms with van der Waals surface area (Å²) in [6.45, 7) is 0.889. The third kappa shape index (κ3) is 5.54. The van der Waals surface area contributed by atoms with E-state index in [0.29, 0.717) is 17.9 Å². The van der Waals surface area contributed by atoms with Gasteiger partial charge < -0.3 is 4.74 Å². The van der Waals surface area contributed by atoms with E-state index in [4.69, 9.17) is 16.5 Å². The maximum absolute atomic E-state index is 12.5. The highest BCUT2D eigenvalue weighted by Gasteiger charge is 2.29. The summed E-state index contributed by atoms with van der Waals surface area (Å²) in [4.78, 5) is 2.57. The van der Waals surface area contributed by atoms with Crippen molar-refractivity contribution in [2.75, 3.05) is 6.54 Å². The van der Waals surface area contributed by atoms with Crippen LogP contribution in [0, 0.1) is 3.57 Å². The molecule has 0 amide bonds. The van der Waals surface area contributed by atoms with E-state index in [0.717, 1.165) is 27.7 Å². The molecular formula is C16H14ClF3INO. The number of benzene rings is 2. The first-order valence-corrected chi connectivity index (χ1v) is 8.26. The van der Waals surface area contributed by atoms with Gasteiger partial charge in [-0.1, -0.05) is 18.2 Å². The predicted molar refractivity (Wildman–Crippen MR) is 92.5 cm³/mol. The smallest absolute Gasteiger partial charge is 0.416 e. The minimum absolute atomic E-state index is 0.219. The fraction of sp³-hybridized carbons (Fsp3) is 0.250. The van der Waals surface area contributed by atoms with Crippen LogP contribution < -0.4 is 9.57 Å². The monoisotopic (exact) mass is 455 g/mol. The van der Waals surface area contributed by atoms with Gasteiger partial charge in [0.05, 0.1) is 9.13 Å². The highest BCUT2D eigenvalue weighted by atomic mass is 127. The van der Waals surface area contributed by atoms with Crippen LogP contribution in [0.15, 0.2) is 42.5 Å². The SMILES string of the molecule is FC(F)(F)c1ccc(COc2ccc(CCNCl)cc2I)cc1. The number of ether oxygens (including phenoxy) is 1. The fourth-order valence-electron chi connectivity index (χ4n) is 1.96. The van der Waals surface area contributed by atoms with E-state index in [-0.39, 0.29) is 6.61 Å². The van der Waals surface area contributed by atoms with Crippen molar-refractivity contribution in [3.8, 4) is 5.75 Å². The van der Waals surface area contributed by atoms with Gasteiger partial charge in [-0.25, -0.2) is 4.84 Å². The molecular weight excluding hydrogens is 442 g/mol. The lowest BCUT2D eigenvalue weighted by Crippen LogP contribution is -2.06. The molecule has 0 aliphatic carbocycles. The van der Waals surface area contributed by atoms with Gasteiger partial charge in [0.1, 0.15) is 12.4 Å². The molecule has 2 rings (SSSR count). The van der Waals surface area contributed by atoms with Gasteiger partial charge in [0.2, 0.25) is 0 Å². The van der Waals surface area contributed by atoms with Gasteiger partial charge >= 0.3 is 6.18 Å². The maximum Gasteiger partial charge on any atom is 0.416 e. The van der Waals surface area contributed by atoms with Gasteiger partial charge in [-0.2, -0.15) is 13.2 Å². The van der Waals surface area contributed by atoms with Crippen molar-refractivity contribution in [2.24, 2.45) is 0 Å². The van der Waals surface area contributed by atoms with Gasteiger partial charge in [-0.3, -0.25) is 0 Å². The Morgan fingerprint density at radius 3 is 2.26 bits per heavy atom. The summed E-state index contributed by atoms with van der Waals surface area (Å²) in [5.41, 5.74) is 1.15. The highest BCUT2D eigenvalue weighted by Crippen LogP contribution is 2.29. The number of rotatable bonds is 6. The summed E-state index contributed by atoms with van der Waals surface area (Å²) in [5, 5.41) is 0. The summed E-state index contributed by atoms with van der Waals surface area (Å²) in [6.07, 6.45) is -3.51. The van der Waals surface area contributed by atoms with Gasteiger partial charge in [-0.05, 0) is 76.2 Å². The Hall–Kier alpha value is -0.990. The number of nitrogens with one attached hydrogen (secondary N) is 1. The van der Waals surface area contributed by atoms with Gasteiger partial charge in [0.15, 0.2) is 0 Å². The molecule has 0 radical (unpaired) electrons. The van der Waals surface area contributed by atoms with Gasteiger partial charge in [0.25, 0.3) is 0 Å². The van der Waals surface area contributed by atoms with Crippen molar-refractivity contribution >= 4 is 34.4 Å². The number of halogens is 5. The van der Waals surface area contributed by atoms with E-state index in [2.05, 4.69) is 27.4 Å². The molecule has 0 heterocycles. The quantitative estimate of drug-likeness (QED) is 0.479. The number of hydrogen-bond acceptors (Lipinski definition) is 2. The zero-order chi connectivity index (χ0) is 16.9. The Morgan fingerprint density at radius 1 is 1.04 bits per heavy atom. The van der Waals surface area contributed by atoms with E-state index in [9.17, 15) is 13.2 Å². The van der Waals surface area contributed by atoms with Crippen LogP contribution in [0.2, 0.25) is 0 Å². The van der Waals surface area contributed by atoms with Gasteiger partial charge in [-0.15, -0.1) is 0 Å². The van der Waals surface area contributed by atoms with E-state index >= 15 is 0 Å². The predicted octanol–water partition coefficient (Wildman–Crippen LogP) is 5.17. The first kappa shape index (κ1) is 18.4. The van der Waals surface area contributed by atoms with Crippen LogP contribution in [-0.2, 0) is 19.2 Å². The molecule has 0 spiro atoms. The zero-order valence-electron chi connectivity index (χ0n) is 12.0. The number of hydrogen-bond donors (Lipinski definition) is 1. The van der Waals surface area contributed by atoms with Crippen LogP contribution in [-0.4, -0.2) is 6.54 Å². The Bertz CT molecular complexity index is 647. The van der Waals surface area contributed by atoms with E-state index in [1.165, 1.54) is 12.1 Å². The van der Waals surface area contributed by atoms with Crippen LogP contribution >= 0.6 is 34.4 Å². The van der Waals surface area contributed by atoms with Crippen LogP contribution in [0.1, 0.15) is 16.7 Å². The lowest BCUT2D eigenvalue weighted by atomic mass is 10.1. The largest absolute Gasteiger partial charge is 0.488 e. The molecule has 0 aliphatic rings. The molecule has 0 aromatic heterocycles. The normalized spacial score (nSPS) is 11.5. The summed E-state index contributed by atoms with van der Waals surface area (Å²) < 4.78 is 44.1. The molecule has 0 atom stereocenters. The van der Waals surface area contributed by atoms with Crippen LogP contribution in [0.25, 0.3) is 0 Å². The van der Waals surface area contributed by atoms with Crippen LogP contribution in [0.5, 0.6) is 5.75 Å².